The molecule has 0 bridgehead atoms. The number of carbonyl (C=O) groups excluding carboxylic acids is 1. The van der Waals surface area contributed by atoms with Gasteiger partial charge >= 0.3 is 5.97 Å². The lowest BCUT2D eigenvalue weighted by Crippen LogP contribution is -2.39. The Morgan fingerprint density at radius 3 is 2.61 bits per heavy atom. The molecular formula is C17H18N2O4. The zero-order valence-electron chi connectivity index (χ0n) is 12.5. The van der Waals surface area contributed by atoms with Gasteiger partial charge in [0.2, 0.25) is 12.0 Å². The highest BCUT2D eigenvalue weighted by Crippen LogP contribution is 2.12. The smallest absolute Gasteiger partial charge is 0.352 e. The molecule has 0 aliphatic rings. The van der Waals surface area contributed by atoms with Gasteiger partial charge in [-0.1, -0.05) is 30.8 Å². The van der Waals surface area contributed by atoms with Gasteiger partial charge in [-0.3, -0.25) is 5.73 Å². The van der Waals surface area contributed by atoms with E-state index in [2.05, 4.69) is 11.6 Å². The van der Waals surface area contributed by atoms with E-state index in [0.717, 1.165) is 0 Å². The lowest BCUT2D eigenvalue weighted by Gasteiger charge is -2.19. The van der Waals surface area contributed by atoms with Gasteiger partial charge in [-0.2, -0.15) is 0 Å². The summed E-state index contributed by atoms with van der Waals surface area (Å²) in [6, 6.07) is 14.2. The van der Waals surface area contributed by atoms with Gasteiger partial charge < -0.3 is 14.2 Å². The van der Waals surface area contributed by atoms with Crippen LogP contribution in [0, 0.1) is 0 Å². The van der Waals surface area contributed by atoms with Gasteiger partial charge in [0.25, 0.3) is 0 Å². The maximum Gasteiger partial charge on any atom is 0.352 e. The summed E-state index contributed by atoms with van der Waals surface area (Å²) in [6.45, 7) is 3.43. The maximum atomic E-state index is 12.2. The third-order valence-electron chi connectivity index (χ3n) is 2.79. The fraction of sp³-hybridized carbons (Fsp3) is 0.176. The zero-order chi connectivity index (χ0) is 16.5. The van der Waals surface area contributed by atoms with Crippen molar-refractivity contribution in [1.82, 2.24) is 4.98 Å². The number of aromatic nitrogens is 1. The minimum absolute atomic E-state index is 0.0384. The zero-order valence-corrected chi connectivity index (χ0v) is 12.5. The number of nitrogens with two attached hydrogens (primary N) is 1. The summed E-state index contributed by atoms with van der Waals surface area (Å²) >= 11 is 0. The average molecular weight is 314 g/mol. The summed E-state index contributed by atoms with van der Waals surface area (Å²) in [6.07, 6.45) is 0.962. The second-order valence-corrected chi connectivity index (χ2v) is 4.54. The Morgan fingerprint density at radius 2 is 1.96 bits per heavy atom. The molecule has 23 heavy (non-hydrogen) atoms. The van der Waals surface area contributed by atoms with Crippen LogP contribution in [-0.4, -0.2) is 29.9 Å². The number of hydrogen-bond donors (Lipinski definition) is 1. The Bertz CT molecular complexity index is 619. The number of nitrogens with zero attached hydrogens (tertiary/aromatic N) is 1. The van der Waals surface area contributed by atoms with Crippen molar-refractivity contribution in [3.05, 3.63) is 67.4 Å². The second-order valence-electron chi connectivity index (χ2n) is 4.54. The monoisotopic (exact) mass is 314 g/mol. The van der Waals surface area contributed by atoms with Crippen LogP contribution in [0.5, 0.6) is 11.6 Å². The molecule has 2 rings (SSSR count). The summed E-state index contributed by atoms with van der Waals surface area (Å²) in [7, 11) is 0. The van der Waals surface area contributed by atoms with Crippen LogP contribution in [0.1, 0.15) is 0 Å². The molecule has 0 saturated heterocycles. The number of ether oxygens (including phenoxy) is 3. The van der Waals surface area contributed by atoms with Crippen molar-refractivity contribution in [3.63, 3.8) is 0 Å². The Labute approximate surface area is 134 Å². The van der Waals surface area contributed by atoms with E-state index in [0.29, 0.717) is 11.6 Å². The largest absolute Gasteiger partial charge is 0.489 e. The molecule has 1 aromatic heterocycles. The van der Waals surface area contributed by atoms with Crippen molar-refractivity contribution in [2.75, 3.05) is 6.61 Å². The standard InChI is InChI=1S/C17H18N2O4/c1-2-15(18)23-17(20)14(22-16-10-6-7-11-19-16)12-21-13-8-4-3-5-9-13/h2-11,14-15H,1,12,18H2. The van der Waals surface area contributed by atoms with Crippen molar-refractivity contribution in [2.45, 2.75) is 12.3 Å². The van der Waals surface area contributed by atoms with Crippen molar-refractivity contribution < 1.29 is 19.0 Å². The molecule has 0 aliphatic carbocycles. The average Bonchev–Trinajstić information content (AvgIpc) is 2.60. The number of pyridine rings is 1. The van der Waals surface area contributed by atoms with Gasteiger partial charge in [-0.25, -0.2) is 9.78 Å². The van der Waals surface area contributed by atoms with Crippen LogP contribution in [0.15, 0.2) is 67.4 Å². The molecule has 2 aromatic rings. The van der Waals surface area contributed by atoms with Crippen LogP contribution in [0.4, 0.5) is 0 Å². The highest BCUT2D eigenvalue weighted by molar-refractivity contribution is 5.75. The van der Waals surface area contributed by atoms with Crippen LogP contribution in [0.25, 0.3) is 0 Å². The van der Waals surface area contributed by atoms with Gasteiger partial charge in [0.1, 0.15) is 12.4 Å². The number of rotatable bonds is 8. The van der Waals surface area contributed by atoms with Crippen molar-refractivity contribution in [2.24, 2.45) is 5.73 Å². The minimum Gasteiger partial charge on any atom is -0.489 e. The minimum atomic E-state index is -1.00. The third-order valence-corrected chi connectivity index (χ3v) is 2.79. The Hall–Kier alpha value is -2.86. The van der Waals surface area contributed by atoms with Crippen molar-refractivity contribution in [1.29, 1.82) is 0 Å². The molecule has 0 radical (unpaired) electrons. The van der Waals surface area contributed by atoms with Gasteiger partial charge in [-0.05, 0) is 24.3 Å². The lowest BCUT2D eigenvalue weighted by atomic mass is 10.3. The number of carbonyl (C=O) groups is 1. The molecule has 1 heterocycles. The molecule has 6 heteroatoms. The van der Waals surface area contributed by atoms with E-state index in [1.165, 1.54) is 6.08 Å². The van der Waals surface area contributed by atoms with E-state index >= 15 is 0 Å². The first-order chi connectivity index (χ1) is 11.2. The van der Waals surface area contributed by atoms with Gasteiger partial charge in [0, 0.05) is 12.3 Å². The number of esters is 1. The third kappa shape index (κ3) is 5.44. The van der Waals surface area contributed by atoms with E-state index < -0.39 is 18.3 Å². The summed E-state index contributed by atoms with van der Waals surface area (Å²) in [5, 5.41) is 0. The van der Waals surface area contributed by atoms with Crippen LogP contribution in [-0.2, 0) is 9.53 Å². The van der Waals surface area contributed by atoms with E-state index in [1.54, 1.807) is 36.5 Å². The molecular weight excluding hydrogens is 296 g/mol. The molecule has 2 atom stereocenters. The first-order valence-electron chi connectivity index (χ1n) is 7.03. The van der Waals surface area contributed by atoms with E-state index in [-0.39, 0.29) is 6.61 Å². The van der Waals surface area contributed by atoms with E-state index in [9.17, 15) is 4.79 Å². The SMILES string of the molecule is C=CC(N)OC(=O)C(COc1ccccc1)Oc1ccccn1. The first-order valence-corrected chi connectivity index (χ1v) is 7.03. The summed E-state index contributed by atoms with van der Waals surface area (Å²) in [5.74, 6) is 0.250. The molecule has 0 fully saturated rings. The topological polar surface area (TPSA) is 83.7 Å². The van der Waals surface area contributed by atoms with E-state index in [4.69, 9.17) is 19.9 Å². The Morgan fingerprint density at radius 1 is 1.22 bits per heavy atom. The second kappa shape index (κ2) is 8.55. The molecule has 0 saturated carbocycles. The fourth-order valence-corrected chi connectivity index (χ4v) is 1.66. The highest BCUT2D eigenvalue weighted by Gasteiger charge is 2.25. The predicted octanol–water partition coefficient (Wildman–Crippen LogP) is 1.92. The van der Waals surface area contributed by atoms with Gasteiger partial charge in [0.15, 0.2) is 6.23 Å². The molecule has 6 nitrogen and oxygen atoms in total. The number of hydrogen-bond acceptors (Lipinski definition) is 6. The van der Waals surface area contributed by atoms with Crippen molar-refractivity contribution in [3.8, 4) is 11.6 Å². The molecule has 2 N–H and O–H groups in total. The van der Waals surface area contributed by atoms with Crippen LogP contribution in [0.3, 0.4) is 0 Å². The number of benzene rings is 1. The lowest BCUT2D eigenvalue weighted by molar-refractivity contribution is -0.156. The molecule has 2 unspecified atom stereocenters. The van der Waals surface area contributed by atoms with Gasteiger partial charge in [0.05, 0.1) is 0 Å². The predicted molar refractivity (Wildman–Crippen MR) is 84.9 cm³/mol. The first kappa shape index (κ1) is 16.5. The normalized spacial score (nSPS) is 12.7. The van der Waals surface area contributed by atoms with Gasteiger partial charge in [-0.15, -0.1) is 0 Å². The molecule has 0 spiro atoms. The highest BCUT2D eigenvalue weighted by atomic mass is 16.6. The molecule has 0 amide bonds. The summed E-state index contributed by atoms with van der Waals surface area (Å²) < 4.78 is 16.1. The molecule has 0 aliphatic heterocycles. The quantitative estimate of drug-likeness (QED) is 0.455. The van der Waals surface area contributed by atoms with E-state index in [1.807, 2.05) is 18.2 Å². The summed E-state index contributed by atoms with van der Waals surface area (Å²) in [5.41, 5.74) is 5.54. The van der Waals surface area contributed by atoms with Crippen LogP contribution in [0.2, 0.25) is 0 Å². The van der Waals surface area contributed by atoms with Crippen molar-refractivity contribution >= 4 is 5.97 Å². The fourth-order valence-electron chi connectivity index (χ4n) is 1.66. The number of para-hydroxylation sites is 1. The maximum absolute atomic E-state index is 12.2. The van der Waals surface area contributed by atoms with Crippen LogP contribution >= 0.6 is 0 Å². The Balaban J connectivity index is 2.04. The molecule has 1 aromatic carbocycles. The van der Waals surface area contributed by atoms with Crippen LogP contribution < -0.4 is 15.2 Å². The Kier molecular flexibility index (Phi) is 6.14. The summed E-state index contributed by atoms with van der Waals surface area (Å²) in [4.78, 5) is 16.2. The molecule has 120 valence electrons.